The molecule has 0 bridgehead atoms. The third kappa shape index (κ3) is 7.84. The van der Waals surface area contributed by atoms with Crippen LogP contribution in [0.2, 0.25) is 5.02 Å². The molecule has 4 heterocycles. The van der Waals surface area contributed by atoms with Crippen molar-refractivity contribution in [1.29, 1.82) is 0 Å². The van der Waals surface area contributed by atoms with Crippen LogP contribution >= 0.6 is 23.4 Å². The number of nitrogens with zero attached hydrogens (tertiary/aromatic N) is 5. The van der Waals surface area contributed by atoms with Gasteiger partial charge in [-0.25, -0.2) is 28.9 Å². The minimum atomic E-state index is -0.782. The zero-order valence-corrected chi connectivity index (χ0v) is 27.9. The summed E-state index contributed by atoms with van der Waals surface area (Å²) in [5.74, 6) is 0.490. The van der Waals surface area contributed by atoms with E-state index >= 15 is 0 Å². The van der Waals surface area contributed by atoms with Crippen LogP contribution in [0.5, 0.6) is 0 Å². The number of piperidine rings is 1. The van der Waals surface area contributed by atoms with Gasteiger partial charge in [-0.1, -0.05) is 30.3 Å². The first kappa shape index (κ1) is 34.0. The van der Waals surface area contributed by atoms with Crippen molar-refractivity contribution in [2.75, 3.05) is 49.8 Å². The van der Waals surface area contributed by atoms with Gasteiger partial charge in [-0.05, 0) is 58.9 Å². The fourth-order valence-corrected chi connectivity index (χ4v) is 6.36. The molecule has 11 nitrogen and oxygen atoms in total. The lowest BCUT2D eigenvalue weighted by Gasteiger charge is -2.46. The van der Waals surface area contributed by atoms with Crippen LogP contribution in [0.1, 0.15) is 64.9 Å². The number of hydrogen-bond donors (Lipinski definition) is 2. The van der Waals surface area contributed by atoms with Crippen molar-refractivity contribution in [3.8, 4) is 0 Å². The maximum absolute atomic E-state index is 14.1. The van der Waals surface area contributed by atoms with E-state index in [9.17, 15) is 19.1 Å². The van der Waals surface area contributed by atoms with Gasteiger partial charge >= 0.3 is 12.1 Å². The molecule has 1 atom stereocenters. The monoisotopic (exact) mass is 652 g/mol. The van der Waals surface area contributed by atoms with Gasteiger partial charge in [0.15, 0.2) is 11.5 Å². The van der Waals surface area contributed by atoms with Gasteiger partial charge in [0, 0.05) is 43.2 Å². The molecule has 2 saturated heterocycles. The lowest BCUT2D eigenvalue weighted by Crippen LogP contribution is -2.56. The van der Waals surface area contributed by atoms with Crippen molar-refractivity contribution >= 4 is 47.1 Å². The zero-order valence-electron chi connectivity index (χ0n) is 26.3. The van der Waals surface area contributed by atoms with Crippen molar-refractivity contribution in [1.82, 2.24) is 20.3 Å². The minimum Gasteiger partial charge on any atom is -0.464 e. The van der Waals surface area contributed by atoms with Crippen molar-refractivity contribution < 1.29 is 28.6 Å². The summed E-state index contributed by atoms with van der Waals surface area (Å²) in [6, 6.07) is 1.05. The van der Waals surface area contributed by atoms with Gasteiger partial charge in [0.25, 0.3) is 0 Å². The number of ether oxygens (including phenoxy) is 2. The average molecular weight is 653 g/mol. The number of pyridine rings is 1. The number of carbonyl (C=O) groups excluding carboxylic acids is 2. The lowest BCUT2D eigenvalue weighted by atomic mass is 9.74. The topological polar surface area (TPSA) is 130 Å². The van der Waals surface area contributed by atoms with Crippen LogP contribution in [0.3, 0.4) is 0 Å². The Balaban J connectivity index is 1.48. The Morgan fingerprint density at radius 1 is 1.18 bits per heavy atom. The van der Waals surface area contributed by atoms with Crippen molar-refractivity contribution in [2.24, 2.45) is 11.3 Å². The number of nitrogens with one attached hydrogen (secondary N) is 1. The second kappa shape index (κ2) is 13.2. The van der Waals surface area contributed by atoms with E-state index in [0.717, 1.165) is 0 Å². The molecule has 44 heavy (non-hydrogen) atoms. The van der Waals surface area contributed by atoms with Gasteiger partial charge in [-0.2, -0.15) is 0 Å². The van der Waals surface area contributed by atoms with Crippen molar-refractivity contribution in [3.63, 3.8) is 0 Å². The van der Waals surface area contributed by atoms with Crippen LogP contribution in [0, 0.1) is 11.3 Å². The summed E-state index contributed by atoms with van der Waals surface area (Å²) in [6.07, 6.45) is 3.67. The van der Waals surface area contributed by atoms with E-state index in [2.05, 4.69) is 20.3 Å². The molecule has 0 aromatic carbocycles. The molecule has 0 radical (unpaired) electrons. The number of alkyl halides is 1. The zero-order chi connectivity index (χ0) is 32.4. The quantitative estimate of drug-likeness (QED) is 0.349. The molecular weight excluding hydrogens is 611 g/mol. The summed E-state index contributed by atoms with van der Waals surface area (Å²) in [5, 5.41) is 13.9. The Hall–Kier alpha value is -2.90. The number of aromatic nitrogens is 3. The predicted molar refractivity (Wildman–Crippen MR) is 167 cm³/mol. The molecule has 2 N–H and O–H groups in total. The molecule has 242 valence electrons. The summed E-state index contributed by atoms with van der Waals surface area (Å²) in [5.41, 5.74) is -1.94. The maximum Gasteiger partial charge on any atom is 0.407 e. The Bertz CT molecular complexity index is 1360. The van der Waals surface area contributed by atoms with Crippen LogP contribution < -0.4 is 15.1 Å². The summed E-state index contributed by atoms with van der Waals surface area (Å²) in [6.45, 7) is 12.3. The molecular formula is C30H42ClFN6O5S. The first-order valence-corrected chi connectivity index (χ1v) is 15.8. The van der Waals surface area contributed by atoms with Crippen molar-refractivity contribution in [3.05, 3.63) is 29.2 Å². The number of aliphatic hydroxyl groups is 1. The molecule has 14 heteroatoms. The number of carbonyl (C=O) groups is 2. The lowest BCUT2D eigenvalue weighted by molar-refractivity contribution is 0.00436. The van der Waals surface area contributed by atoms with Gasteiger partial charge in [-0.15, -0.1) is 0 Å². The average Bonchev–Trinajstić information content (AvgIpc) is 2.91. The number of anilines is 2. The number of halogens is 2. The SMILES string of the molecule is COC(=O)c1nc(Sc2ccnc(N3CC(C(C)(C)O)C3)c2Cl)cnc1N1CCC(C)(C(CF)NC(=O)OC(C)(C)C)CC1. The number of amides is 1. The van der Waals surface area contributed by atoms with Crippen LogP contribution in [-0.4, -0.2) is 89.3 Å². The fourth-order valence-electron chi connectivity index (χ4n) is 5.23. The molecule has 2 aromatic rings. The van der Waals surface area contributed by atoms with Crippen LogP contribution in [0.25, 0.3) is 0 Å². The second-order valence-electron chi connectivity index (χ2n) is 13.2. The highest BCUT2D eigenvalue weighted by atomic mass is 35.5. The summed E-state index contributed by atoms with van der Waals surface area (Å²) < 4.78 is 24.5. The van der Waals surface area contributed by atoms with E-state index in [4.69, 9.17) is 21.1 Å². The summed E-state index contributed by atoms with van der Waals surface area (Å²) in [7, 11) is 1.29. The highest BCUT2D eigenvalue weighted by molar-refractivity contribution is 7.99. The molecule has 0 saturated carbocycles. The van der Waals surface area contributed by atoms with Crippen molar-refractivity contribution in [2.45, 2.75) is 81.5 Å². The number of hydrogen-bond acceptors (Lipinski definition) is 11. The summed E-state index contributed by atoms with van der Waals surface area (Å²) in [4.78, 5) is 43.5. The molecule has 2 fully saturated rings. The largest absolute Gasteiger partial charge is 0.464 e. The second-order valence-corrected chi connectivity index (χ2v) is 14.6. The third-order valence-corrected chi connectivity index (χ3v) is 9.68. The molecule has 4 rings (SSSR count). The fraction of sp³-hybridized carbons (Fsp3) is 0.633. The first-order chi connectivity index (χ1) is 20.5. The molecule has 2 aromatic heterocycles. The number of alkyl carbamates (subject to hydrolysis) is 1. The maximum atomic E-state index is 14.1. The van der Waals surface area contributed by atoms with E-state index in [1.165, 1.54) is 18.9 Å². The number of esters is 1. The van der Waals surface area contributed by atoms with E-state index in [1.54, 1.807) is 53.1 Å². The smallest absolute Gasteiger partial charge is 0.407 e. The van der Waals surface area contributed by atoms with Crippen LogP contribution in [0.15, 0.2) is 28.4 Å². The van der Waals surface area contributed by atoms with Crippen LogP contribution in [0.4, 0.5) is 20.8 Å². The standard InChI is InChI=1S/C30H42ClFN6O5S/c1-28(2,3)43-27(40)35-20(14-32)30(6)9-12-37(13-10-30)25-23(26(39)42-7)36-21(15-34-25)44-19-8-11-33-24(22(19)31)38-16-18(17-38)29(4,5)41/h8,11,15,18,20,41H,9-10,12-14,16-17H2,1-7H3,(H,35,40). The molecule has 0 aliphatic carbocycles. The van der Waals surface area contributed by atoms with Gasteiger partial charge in [0.1, 0.15) is 23.1 Å². The Morgan fingerprint density at radius 3 is 2.41 bits per heavy atom. The molecule has 2 aliphatic rings. The highest BCUT2D eigenvalue weighted by Gasteiger charge is 2.41. The normalized spacial score (nSPS) is 18.0. The van der Waals surface area contributed by atoms with Gasteiger partial charge in [0.2, 0.25) is 0 Å². The van der Waals surface area contributed by atoms with E-state index in [1.807, 2.05) is 16.7 Å². The van der Waals surface area contributed by atoms with E-state index in [-0.39, 0.29) is 11.6 Å². The van der Waals surface area contributed by atoms with Gasteiger partial charge in [-0.3, -0.25) is 0 Å². The Kier molecular flexibility index (Phi) is 10.2. The molecule has 2 aliphatic heterocycles. The minimum absolute atomic E-state index is 0.0659. The Labute approximate surface area is 267 Å². The summed E-state index contributed by atoms with van der Waals surface area (Å²) >= 11 is 8.00. The van der Waals surface area contributed by atoms with Crippen LogP contribution in [-0.2, 0) is 9.47 Å². The Morgan fingerprint density at radius 2 is 1.84 bits per heavy atom. The molecule has 0 spiro atoms. The third-order valence-electron chi connectivity index (χ3n) is 8.23. The predicted octanol–water partition coefficient (Wildman–Crippen LogP) is 5.14. The number of rotatable bonds is 9. The van der Waals surface area contributed by atoms with Gasteiger partial charge < -0.3 is 29.7 Å². The van der Waals surface area contributed by atoms with E-state index in [0.29, 0.717) is 65.6 Å². The van der Waals surface area contributed by atoms with Gasteiger partial charge in [0.05, 0.1) is 30.0 Å². The highest BCUT2D eigenvalue weighted by Crippen LogP contribution is 2.41. The number of methoxy groups -OCH3 is 1. The molecule has 1 unspecified atom stereocenters. The van der Waals surface area contributed by atoms with E-state index < -0.39 is 41.4 Å². The molecule has 1 amide bonds. The first-order valence-electron chi connectivity index (χ1n) is 14.6.